The minimum Gasteiger partial charge on any atom is -0.378 e. The Morgan fingerprint density at radius 3 is 2.50 bits per heavy atom. The highest BCUT2D eigenvalue weighted by Crippen LogP contribution is 2.61. The monoisotopic (exact) mass is 196 g/mol. The third kappa shape index (κ3) is 1.60. The molecule has 2 bridgehead atoms. The fraction of sp³-hybridized carbons (Fsp3) is 1.00. The molecule has 0 aromatic carbocycles. The van der Waals surface area contributed by atoms with Gasteiger partial charge < -0.3 is 4.74 Å². The van der Waals surface area contributed by atoms with Crippen LogP contribution in [0.25, 0.3) is 0 Å². The van der Waals surface area contributed by atoms with Gasteiger partial charge in [-0.1, -0.05) is 13.8 Å². The highest BCUT2D eigenvalue weighted by atomic mass is 16.5. The van der Waals surface area contributed by atoms with Crippen molar-refractivity contribution in [2.24, 2.45) is 23.2 Å². The minimum atomic E-state index is 0.399. The number of hydrogen-bond donors (Lipinski definition) is 0. The van der Waals surface area contributed by atoms with Crippen LogP contribution >= 0.6 is 0 Å². The van der Waals surface area contributed by atoms with Gasteiger partial charge in [0.25, 0.3) is 0 Å². The highest BCUT2D eigenvalue weighted by Gasteiger charge is 2.53. The summed E-state index contributed by atoms with van der Waals surface area (Å²) in [6, 6.07) is 0. The van der Waals surface area contributed by atoms with Crippen LogP contribution in [-0.4, -0.2) is 12.7 Å². The maximum atomic E-state index is 5.77. The van der Waals surface area contributed by atoms with E-state index in [0.29, 0.717) is 11.5 Å². The first-order valence-electron chi connectivity index (χ1n) is 6.13. The van der Waals surface area contributed by atoms with Crippen molar-refractivity contribution < 1.29 is 4.74 Å². The second-order valence-electron chi connectivity index (χ2n) is 6.08. The second-order valence-corrected chi connectivity index (χ2v) is 6.08. The summed E-state index contributed by atoms with van der Waals surface area (Å²) in [5.41, 5.74) is 0.614. The molecule has 3 rings (SSSR count). The van der Waals surface area contributed by atoms with Gasteiger partial charge in [0, 0.05) is 0 Å². The molecular weight excluding hydrogens is 172 g/mol. The molecule has 1 nitrogen and oxygen atoms in total. The Bertz CT molecular complexity index is 205. The van der Waals surface area contributed by atoms with Crippen LogP contribution < -0.4 is 0 Å². The van der Waals surface area contributed by atoms with E-state index in [0.717, 1.165) is 24.4 Å². The van der Waals surface area contributed by atoms with Gasteiger partial charge in [-0.3, -0.25) is 0 Å². The van der Waals surface area contributed by atoms with E-state index in [1.165, 1.54) is 19.3 Å². The van der Waals surface area contributed by atoms with Gasteiger partial charge in [0.05, 0.1) is 12.7 Å². The second kappa shape index (κ2) is 3.52. The Labute approximate surface area is 88.2 Å². The largest absolute Gasteiger partial charge is 0.378 e. The van der Waals surface area contributed by atoms with E-state index in [4.69, 9.17) is 4.74 Å². The van der Waals surface area contributed by atoms with Crippen LogP contribution in [0.4, 0.5) is 0 Å². The molecule has 0 radical (unpaired) electrons. The first-order chi connectivity index (χ1) is 6.51. The van der Waals surface area contributed by atoms with E-state index in [-0.39, 0.29) is 0 Å². The maximum Gasteiger partial charge on any atom is 0.0519 e. The van der Waals surface area contributed by atoms with Crippen molar-refractivity contribution in [1.29, 1.82) is 0 Å². The summed E-state index contributed by atoms with van der Waals surface area (Å²) in [4.78, 5) is 0. The molecule has 3 aliphatic carbocycles. The molecule has 3 fully saturated rings. The minimum absolute atomic E-state index is 0.399. The summed E-state index contributed by atoms with van der Waals surface area (Å²) in [6.07, 6.45) is 4.72. The van der Waals surface area contributed by atoms with Crippen LogP contribution in [0.3, 0.4) is 0 Å². The molecule has 0 heterocycles. The SMILES string of the molecule is CC(C)OC[C@H]1CC[C@H]2C[C@@H]1C2(C)C. The lowest BCUT2D eigenvalue weighted by Crippen LogP contribution is -2.53. The zero-order valence-corrected chi connectivity index (χ0v) is 10.0. The van der Waals surface area contributed by atoms with Crippen LogP contribution in [0.1, 0.15) is 47.0 Å². The van der Waals surface area contributed by atoms with Gasteiger partial charge in [-0.2, -0.15) is 0 Å². The van der Waals surface area contributed by atoms with Gasteiger partial charge in [-0.25, -0.2) is 0 Å². The van der Waals surface area contributed by atoms with E-state index in [2.05, 4.69) is 27.7 Å². The summed E-state index contributed by atoms with van der Waals surface area (Å²) in [5, 5.41) is 0. The van der Waals surface area contributed by atoms with E-state index in [1.807, 2.05) is 0 Å². The van der Waals surface area contributed by atoms with Gasteiger partial charge in [-0.05, 0) is 56.3 Å². The van der Waals surface area contributed by atoms with Crippen molar-refractivity contribution in [3.05, 3.63) is 0 Å². The van der Waals surface area contributed by atoms with E-state index in [9.17, 15) is 0 Å². The van der Waals surface area contributed by atoms with Crippen LogP contribution in [-0.2, 0) is 4.74 Å². The van der Waals surface area contributed by atoms with E-state index >= 15 is 0 Å². The van der Waals surface area contributed by atoms with E-state index in [1.54, 1.807) is 0 Å². The Balaban J connectivity index is 1.88. The fourth-order valence-electron chi connectivity index (χ4n) is 3.48. The summed E-state index contributed by atoms with van der Waals surface area (Å²) in [5.74, 6) is 2.81. The average Bonchev–Trinajstić information content (AvgIpc) is 2.14. The number of fused-ring (bicyclic) bond motifs is 2. The molecule has 0 aliphatic heterocycles. The lowest BCUT2D eigenvalue weighted by atomic mass is 9.46. The Morgan fingerprint density at radius 2 is 2.00 bits per heavy atom. The molecule has 0 unspecified atom stereocenters. The van der Waals surface area contributed by atoms with Crippen LogP contribution in [0.15, 0.2) is 0 Å². The van der Waals surface area contributed by atoms with Crippen molar-refractivity contribution in [3.8, 4) is 0 Å². The first-order valence-corrected chi connectivity index (χ1v) is 6.13. The molecule has 3 aliphatic rings. The zero-order valence-electron chi connectivity index (χ0n) is 10.0. The molecule has 3 saturated carbocycles. The van der Waals surface area contributed by atoms with Crippen molar-refractivity contribution in [3.63, 3.8) is 0 Å². The quantitative estimate of drug-likeness (QED) is 0.671. The van der Waals surface area contributed by atoms with Crippen molar-refractivity contribution in [2.75, 3.05) is 6.61 Å². The van der Waals surface area contributed by atoms with Crippen LogP contribution in [0, 0.1) is 23.2 Å². The molecule has 0 aromatic rings. The highest BCUT2D eigenvalue weighted by molar-refractivity contribution is 5.03. The summed E-state index contributed by atoms with van der Waals surface area (Å²) < 4.78 is 5.77. The fourth-order valence-corrected chi connectivity index (χ4v) is 3.48. The van der Waals surface area contributed by atoms with E-state index < -0.39 is 0 Å². The predicted octanol–water partition coefficient (Wildman–Crippen LogP) is 3.48. The van der Waals surface area contributed by atoms with Crippen molar-refractivity contribution >= 4 is 0 Å². The van der Waals surface area contributed by atoms with Gasteiger partial charge in [0.1, 0.15) is 0 Å². The molecule has 1 heteroatoms. The van der Waals surface area contributed by atoms with Gasteiger partial charge in [0.15, 0.2) is 0 Å². The van der Waals surface area contributed by atoms with Crippen molar-refractivity contribution in [2.45, 2.75) is 53.1 Å². The van der Waals surface area contributed by atoms with Crippen LogP contribution in [0.2, 0.25) is 0 Å². The summed E-state index contributed by atoms with van der Waals surface area (Å²) in [6.45, 7) is 10.2. The Hall–Kier alpha value is -0.0400. The Morgan fingerprint density at radius 1 is 1.29 bits per heavy atom. The van der Waals surface area contributed by atoms with Gasteiger partial charge in [0.2, 0.25) is 0 Å². The standard InChI is InChI=1S/C13H24O/c1-9(2)14-8-10-5-6-11-7-12(10)13(11,3)4/h9-12H,5-8H2,1-4H3/t10-,11+,12+/m1/s1. The zero-order chi connectivity index (χ0) is 10.3. The molecule has 14 heavy (non-hydrogen) atoms. The van der Waals surface area contributed by atoms with Crippen molar-refractivity contribution in [1.82, 2.24) is 0 Å². The molecule has 0 aromatic heterocycles. The molecule has 0 saturated heterocycles. The topological polar surface area (TPSA) is 9.23 Å². The summed E-state index contributed by atoms with van der Waals surface area (Å²) >= 11 is 0. The smallest absolute Gasteiger partial charge is 0.0519 e. The van der Waals surface area contributed by atoms with Crippen LogP contribution in [0.5, 0.6) is 0 Å². The third-order valence-electron chi connectivity index (χ3n) is 4.64. The molecule has 0 N–H and O–H groups in total. The number of rotatable bonds is 3. The summed E-state index contributed by atoms with van der Waals surface area (Å²) in [7, 11) is 0. The number of hydrogen-bond acceptors (Lipinski definition) is 1. The molecule has 82 valence electrons. The van der Waals surface area contributed by atoms with Gasteiger partial charge >= 0.3 is 0 Å². The predicted molar refractivity (Wildman–Crippen MR) is 59.2 cm³/mol. The normalized spacial score (nSPS) is 39.6. The average molecular weight is 196 g/mol. The third-order valence-corrected chi connectivity index (χ3v) is 4.64. The first kappa shape index (κ1) is 10.5. The number of ether oxygens (including phenoxy) is 1. The maximum absolute atomic E-state index is 5.77. The molecule has 0 amide bonds. The Kier molecular flexibility index (Phi) is 2.63. The molecule has 0 spiro atoms. The molecular formula is C13H24O. The lowest BCUT2D eigenvalue weighted by Gasteiger charge is -2.60. The molecule has 3 atom stereocenters. The van der Waals surface area contributed by atoms with Gasteiger partial charge in [-0.15, -0.1) is 0 Å². The lowest BCUT2D eigenvalue weighted by molar-refractivity contribution is -0.128.